The summed E-state index contributed by atoms with van der Waals surface area (Å²) in [4.78, 5) is 2.13. The Kier molecular flexibility index (Phi) is 7.66. The molecule has 0 radical (unpaired) electrons. The maximum atomic E-state index is 13.0. The van der Waals surface area contributed by atoms with Gasteiger partial charge >= 0.3 is 6.18 Å². The Morgan fingerprint density at radius 3 is 2.41 bits per heavy atom. The van der Waals surface area contributed by atoms with Crippen molar-refractivity contribution in [3.63, 3.8) is 0 Å². The van der Waals surface area contributed by atoms with Crippen LogP contribution in [0.15, 0.2) is 24.3 Å². The van der Waals surface area contributed by atoms with Crippen LogP contribution in [-0.4, -0.2) is 31.1 Å². The van der Waals surface area contributed by atoms with Gasteiger partial charge in [-0.25, -0.2) is 0 Å². The van der Waals surface area contributed by atoms with Gasteiger partial charge in [-0.1, -0.05) is 25.1 Å². The van der Waals surface area contributed by atoms with Crippen LogP contribution in [-0.2, 0) is 12.7 Å². The van der Waals surface area contributed by atoms with Crippen molar-refractivity contribution in [2.24, 2.45) is 5.92 Å². The second-order valence-electron chi connectivity index (χ2n) is 5.68. The Balaban J connectivity index is 0.00000242. The lowest BCUT2D eigenvalue weighted by Gasteiger charge is -2.32. The van der Waals surface area contributed by atoms with Crippen LogP contribution in [0.25, 0.3) is 0 Å². The van der Waals surface area contributed by atoms with Gasteiger partial charge < -0.3 is 5.32 Å². The Labute approximate surface area is 136 Å². The van der Waals surface area contributed by atoms with Crippen LogP contribution < -0.4 is 5.32 Å². The van der Waals surface area contributed by atoms with Crippen molar-refractivity contribution in [2.45, 2.75) is 32.5 Å². The molecule has 1 aliphatic heterocycles. The van der Waals surface area contributed by atoms with Crippen molar-refractivity contribution in [2.75, 3.05) is 26.2 Å². The number of halogens is 4. The van der Waals surface area contributed by atoms with E-state index in [1.807, 2.05) is 0 Å². The average Bonchev–Trinajstić information content (AvgIpc) is 2.46. The summed E-state index contributed by atoms with van der Waals surface area (Å²) in [6.45, 7) is 6.22. The first-order valence-corrected chi connectivity index (χ1v) is 7.59. The molecule has 1 fully saturated rings. The zero-order valence-electron chi connectivity index (χ0n) is 12.8. The summed E-state index contributed by atoms with van der Waals surface area (Å²) in [5.41, 5.74) is -0.116. The predicted octanol–water partition coefficient (Wildman–Crippen LogP) is 3.95. The highest BCUT2D eigenvalue weighted by Gasteiger charge is 2.33. The van der Waals surface area contributed by atoms with E-state index in [1.54, 1.807) is 12.1 Å². The number of rotatable bonds is 5. The van der Waals surface area contributed by atoms with E-state index < -0.39 is 11.7 Å². The van der Waals surface area contributed by atoms with E-state index in [0.29, 0.717) is 18.0 Å². The summed E-state index contributed by atoms with van der Waals surface area (Å²) >= 11 is 0. The van der Waals surface area contributed by atoms with Crippen LogP contribution in [0.1, 0.15) is 30.9 Å². The van der Waals surface area contributed by atoms with Gasteiger partial charge in [0.05, 0.1) is 5.56 Å². The molecule has 1 saturated heterocycles. The smallest absolute Gasteiger partial charge is 0.317 e. The standard InChI is InChI=1S/C16H23F3N2.ClH/c1-2-20-11-13-7-9-21(10-8-13)12-14-5-3-4-6-15(14)16(17,18)19;/h3-6,13,20H,2,7-12H2,1H3;1H. The first-order chi connectivity index (χ1) is 10.0. The number of hydrogen-bond acceptors (Lipinski definition) is 2. The Morgan fingerprint density at radius 1 is 1.18 bits per heavy atom. The molecule has 0 aliphatic carbocycles. The van der Waals surface area contributed by atoms with Crippen molar-refractivity contribution >= 4 is 12.4 Å². The third-order valence-corrected chi connectivity index (χ3v) is 4.11. The summed E-state index contributed by atoms with van der Waals surface area (Å²) in [5.74, 6) is 0.652. The van der Waals surface area contributed by atoms with Gasteiger partial charge in [0.15, 0.2) is 0 Å². The molecule has 126 valence electrons. The number of nitrogens with zero attached hydrogens (tertiary/aromatic N) is 1. The third-order valence-electron chi connectivity index (χ3n) is 4.11. The van der Waals surface area contributed by atoms with Crippen molar-refractivity contribution in [1.82, 2.24) is 10.2 Å². The molecule has 0 saturated carbocycles. The number of hydrogen-bond donors (Lipinski definition) is 1. The number of nitrogens with one attached hydrogen (secondary N) is 1. The molecule has 0 unspecified atom stereocenters. The van der Waals surface area contributed by atoms with Crippen LogP contribution in [0.4, 0.5) is 13.2 Å². The van der Waals surface area contributed by atoms with Gasteiger partial charge in [-0.3, -0.25) is 4.90 Å². The number of piperidine rings is 1. The molecular weight excluding hydrogens is 313 g/mol. The highest BCUT2D eigenvalue weighted by Crippen LogP contribution is 2.32. The topological polar surface area (TPSA) is 15.3 Å². The first-order valence-electron chi connectivity index (χ1n) is 7.59. The van der Waals surface area contributed by atoms with Crippen LogP contribution in [0.5, 0.6) is 0 Å². The minimum atomic E-state index is -4.26. The molecule has 2 rings (SSSR count). The molecule has 1 aromatic carbocycles. The van der Waals surface area contributed by atoms with E-state index >= 15 is 0 Å². The molecule has 0 spiro atoms. The lowest BCUT2D eigenvalue weighted by atomic mass is 9.96. The molecule has 0 bridgehead atoms. The first kappa shape index (κ1) is 19.3. The van der Waals surface area contributed by atoms with E-state index in [1.165, 1.54) is 12.1 Å². The summed E-state index contributed by atoms with van der Waals surface area (Å²) < 4.78 is 38.9. The minimum Gasteiger partial charge on any atom is -0.317 e. The van der Waals surface area contributed by atoms with Gasteiger partial charge in [0.25, 0.3) is 0 Å². The van der Waals surface area contributed by atoms with Crippen LogP contribution in [0, 0.1) is 5.92 Å². The van der Waals surface area contributed by atoms with Gasteiger partial charge in [0, 0.05) is 6.54 Å². The van der Waals surface area contributed by atoms with Crippen LogP contribution in [0.2, 0.25) is 0 Å². The summed E-state index contributed by atoms with van der Waals surface area (Å²) in [6.07, 6.45) is -2.15. The fourth-order valence-corrected chi connectivity index (χ4v) is 2.87. The Hall–Kier alpha value is -0.780. The molecule has 22 heavy (non-hydrogen) atoms. The fraction of sp³-hybridized carbons (Fsp3) is 0.625. The summed E-state index contributed by atoms with van der Waals surface area (Å²) in [6, 6.07) is 5.90. The van der Waals surface area contributed by atoms with Crippen LogP contribution in [0.3, 0.4) is 0 Å². The largest absolute Gasteiger partial charge is 0.416 e. The van der Waals surface area contributed by atoms with Gasteiger partial charge in [0.2, 0.25) is 0 Å². The molecule has 0 aromatic heterocycles. The minimum absolute atomic E-state index is 0. The zero-order chi connectivity index (χ0) is 15.3. The third kappa shape index (κ3) is 5.45. The molecule has 1 N–H and O–H groups in total. The maximum Gasteiger partial charge on any atom is 0.416 e. The predicted molar refractivity (Wildman–Crippen MR) is 85.2 cm³/mol. The van der Waals surface area contributed by atoms with E-state index in [0.717, 1.165) is 39.0 Å². The highest BCUT2D eigenvalue weighted by molar-refractivity contribution is 5.85. The van der Waals surface area contributed by atoms with E-state index in [9.17, 15) is 13.2 Å². The second-order valence-corrected chi connectivity index (χ2v) is 5.68. The molecule has 2 nitrogen and oxygen atoms in total. The Morgan fingerprint density at radius 2 is 1.82 bits per heavy atom. The molecule has 0 atom stereocenters. The van der Waals surface area contributed by atoms with Crippen molar-refractivity contribution in [1.29, 1.82) is 0 Å². The number of likely N-dealkylation sites (tertiary alicyclic amines) is 1. The number of benzene rings is 1. The van der Waals surface area contributed by atoms with Gasteiger partial charge in [-0.15, -0.1) is 12.4 Å². The number of alkyl halides is 3. The molecule has 6 heteroatoms. The second kappa shape index (κ2) is 8.75. The van der Waals surface area contributed by atoms with E-state index in [4.69, 9.17) is 0 Å². The molecular formula is C16H24ClF3N2. The van der Waals surface area contributed by atoms with Gasteiger partial charge in [0.1, 0.15) is 0 Å². The lowest BCUT2D eigenvalue weighted by molar-refractivity contribution is -0.138. The molecule has 1 aromatic rings. The van der Waals surface area contributed by atoms with Crippen LogP contribution >= 0.6 is 12.4 Å². The zero-order valence-corrected chi connectivity index (χ0v) is 13.6. The molecule has 1 heterocycles. The summed E-state index contributed by atoms with van der Waals surface area (Å²) in [5, 5.41) is 3.34. The fourth-order valence-electron chi connectivity index (χ4n) is 2.87. The SMILES string of the molecule is CCNCC1CCN(Cc2ccccc2C(F)(F)F)CC1.Cl. The Bertz CT molecular complexity index is 443. The van der Waals surface area contributed by atoms with Crippen molar-refractivity contribution < 1.29 is 13.2 Å². The van der Waals surface area contributed by atoms with Gasteiger partial charge in [-0.2, -0.15) is 13.2 Å². The monoisotopic (exact) mass is 336 g/mol. The van der Waals surface area contributed by atoms with E-state index in [-0.39, 0.29) is 12.4 Å². The van der Waals surface area contributed by atoms with Gasteiger partial charge in [-0.05, 0) is 56.6 Å². The lowest BCUT2D eigenvalue weighted by Crippen LogP contribution is -2.37. The van der Waals surface area contributed by atoms with E-state index in [2.05, 4.69) is 17.1 Å². The maximum absolute atomic E-state index is 13.0. The average molecular weight is 337 g/mol. The van der Waals surface area contributed by atoms with Crippen molar-refractivity contribution in [3.8, 4) is 0 Å². The highest BCUT2D eigenvalue weighted by atomic mass is 35.5. The summed E-state index contributed by atoms with van der Waals surface area (Å²) in [7, 11) is 0. The molecule has 1 aliphatic rings. The van der Waals surface area contributed by atoms with Crippen molar-refractivity contribution in [3.05, 3.63) is 35.4 Å². The quantitative estimate of drug-likeness (QED) is 0.876. The normalized spacial score (nSPS) is 17.3. The molecule has 0 amide bonds.